The molecule has 80 valence electrons. The molecule has 0 spiro atoms. The van der Waals surface area contributed by atoms with Crippen molar-refractivity contribution in [1.29, 1.82) is 0 Å². The molecule has 0 atom stereocenters. The standard InChI is InChI=1S/C11H9N3O2/c1-6-13-8-3-2-7(4-10(8)16-6)9-5-15-11(12)14-9/h2-5H,1H3,(H2,12,14). The number of oxazole rings is 2. The van der Waals surface area contributed by atoms with Crippen LogP contribution in [0.25, 0.3) is 22.4 Å². The third-order valence-electron chi connectivity index (χ3n) is 2.31. The van der Waals surface area contributed by atoms with Crippen LogP contribution in [0.2, 0.25) is 0 Å². The first-order chi connectivity index (χ1) is 7.72. The molecule has 16 heavy (non-hydrogen) atoms. The number of aryl methyl sites for hydroxylation is 1. The van der Waals surface area contributed by atoms with E-state index in [0.717, 1.165) is 16.7 Å². The minimum Gasteiger partial charge on any atom is -0.441 e. The van der Waals surface area contributed by atoms with E-state index in [-0.39, 0.29) is 6.01 Å². The van der Waals surface area contributed by atoms with Crippen molar-refractivity contribution in [2.75, 3.05) is 5.73 Å². The topological polar surface area (TPSA) is 78.1 Å². The Morgan fingerprint density at radius 3 is 2.88 bits per heavy atom. The maximum Gasteiger partial charge on any atom is 0.292 e. The first kappa shape index (κ1) is 8.96. The molecule has 0 aliphatic rings. The number of hydrogen-bond donors (Lipinski definition) is 1. The van der Waals surface area contributed by atoms with Crippen LogP contribution in [-0.4, -0.2) is 9.97 Å². The number of hydrogen-bond acceptors (Lipinski definition) is 5. The lowest BCUT2D eigenvalue weighted by Gasteiger charge is -1.93. The Morgan fingerprint density at radius 1 is 1.25 bits per heavy atom. The van der Waals surface area contributed by atoms with E-state index in [1.54, 1.807) is 0 Å². The Bertz CT molecular complexity index is 654. The second-order valence-corrected chi connectivity index (χ2v) is 3.49. The van der Waals surface area contributed by atoms with Gasteiger partial charge >= 0.3 is 0 Å². The van der Waals surface area contributed by atoms with Gasteiger partial charge in [0.2, 0.25) is 0 Å². The molecule has 0 saturated carbocycles. The molecule has 5 heteroatoms. The fourth-order valence-corrected chi connectivity index (χ4v) is 1.62. The van der Waals surface area contributed by atoms with E-state index in [9.17, 15) is 0 Å². The van der Waals surface area contributed by atoms with Crippen LogP contribution in [0, 0.1) is 6.92 Å². The Kier molecular flexibility index (Phi) is 1.73. The summed E-state index contributed by atoms with van der Waals surface area (Å²) in [5.74, 6) is 0.645. The molecule has 2 N–H and O–H groups in total. The average Bonchev–Trinajstić information content (AvgIpc) is 2.81. The summed E-state index contributed by atoms with van der Waals surface area (Å²) in [5, 5.41) is 0. The predicted octanol–water partition coefficient (Wildman–Crippen LogP) is 2.37. The molecule has 0 radical (unpaired) electrons. The van der Waals surface area contributed by atoms with Crippen molar-refractivity contribution < 1.29 is 8.83 Å². The zero-order valence-corrected chi connectivity index (χ0v) is 8.60. The fourth-order valence-electron chi connectivity index (χ4n) is 1.62. The Labute approximate surface area is 90.9 Å². The SMILES string of the molecule is Cc1nc2ccc(-c3coc(N)n3)cc2o1. The van der Waals surface area contributed by atoms with Crippen LogP contribution in [0.15, 0.2) is 33.3 Å². The maximum atomic E-state index is 5.44. The van der Waals surface area contributed by atoms with Crippen LogP contribution in [-0.2, 0) is 0 Å². The average molecular weight is 215 g/mol. The highest BCUT2D eigenvalue weighted by Gasteiger charge is 2.07. The molecule has 0 unspecified atom stereocenters. The van der Waals surface area contributed by atoms with Crippen LogP contribution >= 0.6 is 0 Å². The summed E-state index contributed by atoms with van der Waals surface area (Å²) in [6, 6.07) is 5.81. The van der Waals surface area contributed by atoms with Crippen molar-refractivity contribution >= 4 is 17.1 Å². The molecule has 0 aliphatic carbocycles. The summed E-state index contributed by atoms with van der Waals surface area (Å²) in [6.07, 6.45) is 1.51. The Balaban J connectivity index is 2.17. The van der Waals surface area contributed by atoms with Gasteiger partial charge in [0.1, 0.15) is 17.5 Å². The summed E-state index contributed by atoms with van der Waals surface area (Å²) in [6.45, 7) is 1.81. The third-order valence-corrected chi connectivity index (χ3v) is 2.31. The van der Waals surface area contributed by atoms with Gasteiger partial charge in [0.25, 0.3) is 6.01 Å². The zero-order chi connectivity index (χ0) is 11.1. The van der Waals surface area contributed by atoms with Crippen molar-refractivity contribution in [3.63, 3.8) is 0 Å². The highest BCUT2D eigenvalue weighted by molar-refractivity contribution is 5.79. The maximum absolute atomic E-state index is 5.44. The molecular formula is C11H9N3O2. The Morgan fingerprint density at radius 2 is 2.12 bits per heavy atom. The van der Waals surface area contributed by atoms with Crippen molar-refractivity contribution in [1.82, 2.24) is 9.97 Å². The van der Waals surface area contributed by atoms with Crippen molar-refractivity contribution in [3.8, 4) is 11.3 Å². The van der Waals surface area contributed by atoms with Gasteiger partial charge in [-0.2, -0.15) is 4.98 Å². The summed E-state index contributed by atoms with van der Waals surface area (Å²) in [7, 11) is 0. The van der Waals surface area contributed by atoms with Crippen LogP contribution in [0.1, 0.15) is 5.89 Å². The van der Waals surface area contributed by atoms with Gasteiger partial charge in [-0.3, -0.25) is 0 Å². The largest absolute Gasteiger partial charge is 0.441 e. The van der Waals surface area contributed by atoms with E-state index >= 15 is 0 Å². The molecule has 3 aromatic rings. The minimum absolute atomic E-state index is 0.156. The predicted molar refractivity (Wildman–Crippen MR) is 58.7 cm³/mol. The number of aromatic nitrogens is 2. The molecule has 0 fully saturated rings. The van der Waals surface area contributed by atoms with Gasteiger partial charge in [-0.25, -0.2) is 4.98 Å². The number of nitrogens with zero attached hydrogens (tertiary/aromatic N) is 2. The van der Waals surface area contributed by atoms with Crippen LogP contribution in [0.4, 0.5) is 6.01 Å². The molecule has 0 bridgehead atoms. The van der Waals surface area contributed by atoms with Crippen molar-refractivity contribution in [2.45, 2.75) is 6.92 Å². The van der Waals surface area contributed by atoms with Gasteiger partial charge in [0, 0.05) is 12.5 Å². The molecule has 1 aromatic carbocycles. The van der Waals surface area contributed by atoms with E-state index in [1.165, 1.54) is 6.26 Å². The highest BCUT2D eigenvalue weighted by Crippen LogP contribution is 2.24. The highest BCUT2D eigenvalue weighted by atomic mass is 16.4. The van der Waals surface area contributed by atoms with E-state index in [4.69, 9.17) is 14.6 Å². The van der Waals surface area contributed by atoms with Crippen molar-refractivity contribution in [3.05, 3.63) is 30.4 Å². The zero-order valence-electron chi connectivity index (χ0n) is 8.60. The summed E-state index contributed by atoms with van der Waals surface area (Å²) in [4.78, 5) is 8.26. The van der Waals surface area contributed by atoms with E-state index < -0.39 is 0 Å². The smallest absolute Gasteiger partial charge is 0.292 e. The lowest BCUT2D eigenvalue weighted by atomic mass is 10.1. The number of nitrogen functional groups attached to an aromatic ring is 1. The lowest BCUT2D eigenvalue weighted by Crippen LogP contribution is -1.83. The summed E-state index contributed by atoms with van der Waals surface area (Å²) >= 11 is 0. The quantitative estimate of drug-likeness (QED) is 0.674. The second kappa shape index (κ2) is 3.10. The Hall–Kier alpha value is -2.30. The molecule has 2 aromatic heterocycles. The monoisotopic (exact) mass is 215 g/mol. The molecule has 3 rings (SSSR count). The normalized spacial score (nSPS) is 11.1. The van der Waals surface area contributed by atoms with Gasteiger partial charge in [0.05, 0.1) is 0 Å². The number of fused-ring (bicyclic) bond motifs is 1. The first-order valence-corrected chi connectivity index (χ1v) is 4.81. The molecular weight excluding hydrogens is 206 g/mol. The van der Waals surface area contributed by atoms with E-state index in [2.05, 4.69) is 9.97 Å². The van der Waals surface area contributed by atoms with Gasteiger partial charge in [0.15, 0.2) is 11.5 Å². The third kappa shape index (κ3) is 1.33. The van der Waals surface area contributed by atoms with Gasteiger partial charge in [-0.1, -0.05) is 6.07 Å². The van der Waals surface area contributed by atoms with Crippen LogP contribution in [0.3, 0.4) is 0 Å². The fraction of sp³-hybridized carbons (Fsp3) is 0.0909. The number of nitrogens with two attached hydrogens (primary N) is 1. The molecule has 5 nitrogen and oxygen atoms in total. The minimum atomic E-state index is 0.156. The van der Waals surface area contributed by atoms with Crippen LogP contribution < -0.4 is 5.73 Å². The molecule has 0 amide bonds. The second-order valence-electron chi connectivity index (χ2n) is 3.49. The van der Waals surface area contributed by atoms with Gasteiger partial charge < -0.3 is 14.6 Å². The lowest BCUT2D eigenvalue weighted by molar-refractivity contribution is 0.561. The first-order valence-electron chi connectivity index (χ1n) is 4.81. The number of benzene rings is 1. The van der Waals surface area contributed by atoms with Crippen molar-refractivity contribution in [2.24, 2.45) is 0 Å². The number of anilines is 1. The molecule has 2 heterocycles. The van der Waals surface area contributed by atoms with Gasteiger partial charge in [-0.15, -0.1) is 0 Å². The number of rotatable bonds is 1. The van der Waals surface area contributed by atoms with Gasteiger partial charge in [-0.05, 0) is 12.1 Å². The summed E-state index contributed by atoms with van der Waals surface area (Å²) < 4.78 is 10.4. The molecule has 0 saturated heterocycles. The summed E-state index contributed by atoms with van der Waals surface area (Å²) in [5.41, 5.74) is 8.56. The molecule has 0 aliphatic heterocycles. The van der Waals surface area contributed by atoms with E-state index in [1.807, 2.05) is 25.1 Å². The van der Waals surface area contributed by atoms with E-state index in [0.29, 0.717) is 11.6 Å². The van der Waals surface area contributed by atoms with Crippen LogP contribution in [0.5, 0.6) is 0 Å².